The quantitative estimate of drug-likeness (QED) is 0.710. The maximum Gasteiger partial charge on any atom is 0.251 e. The zero-order chi connectivity index (χ0) is 18.4. The highest BCUT2D eigenvalue weighted by molar-refractivity contribution is 5.94. The second-order valence-corrected chi connectivity index (χ2v) is 5.75. The van der Waals surface area contributed by atoms with E-state index >= 15 is 0 Å². The van der Waals surface area contributed by atoms with Crippen molar-refractivity contribution >= 4 is 5.91 Å². The lowest BCUT2D eigenvalue weighted by molar-refractivity contribution is 0.0951. The van der Waals surface area contributed by atoms with Gasteiger partial charge in [0.1, 0.15) is 24.0 Å². The van der Waals surface area contributed by atoms with Gasteiger partial charge in [-0.15, -0.1) is 0 Å². The van der Waals surface area contributed by atoms with Gasteiger partial charge in [0.05, 0.1) is 0 Å². The van der Waals surface area contributed by atoms with Crippen molar-refractivity contribution in [3.05, 3.63) is 101 Å². The maximum absolute atomic E-state index is 12.9. The van der Waals surface area contributed by atoms with E-state index in [1.165, 1.54) is 36.4 Å². The largest absolute Gasteiger partial charge is 0.489 e. The summed E-state index contributed by atoms with van der Waals surface area (Å²) in [7, 11) is 0. The molecule has 3 rings (SSSR count). The summed E-state index contributed by atoms with van der Waals surface area (Å²) in [5.74, 6) is -0.233. The fourth-order valence-corrected chi connectivity index (χ4v) is 2.34. The van der Waals surface area contributed by atoms with E-state index < -0.39 is 0 Å². The molecular formula is C21H17F2NO2. The third-order valence-corrected chi connectivity index (χ3v) is 3.80. The highest BCUT2D eigenvalue weighted by Gasteiger charge is 2.05. The summed E-state index contributed by atoms with van der Waals surface area (Å²) in [6.07, 6.45) is 0. The molecule has 0 atom stereocenters. The molecule has 132 valence electrons. The van der Waals surface area contributed by atoms with Crippen molar-refractivity contribution in [2.75, 3.05) is 0 Å². The highest BCUT2D eigenvalue weighted by atomic mass is 19.1. The van der Waals surface area contributed by atoms with Gasteiger partial charge in [0, 0.05) is 12.1 Å². The van der Waals surface area contributed by atoms with Gasteiger partial charge in [0.15, 0.2) is 0 Å². The number of ether oxygens (including phenoxy) is 1. The minimum atomic E-state index is -0.377. The van der Waals surface area contributed by atoms with E-state index in [-0.39, 0.29) is 17.5 Å². The fourth-order valence-electron chi connectivity index (χ4n) is 2.34. The summed E-state index contributed by atoms with van der Waals surface area (Å²) in [5, 5.41) is 2.78. The van der Waals surface area contributed by atoms with E-state index in [2.05, 4.69) is 5.32 Å². The van der Waals surface area contributed by atoms with Gasteiger partial charge in [-0.1, -0.05) is 24.3 Å². The van der Waals surface area contributed by atoms with Crippen molar-refractivity contribution in [2.45, 2.75) is 13.2 Å². The van der Waals surface area contributed by atoms with Crippen LogP contribution in [0.15, 0.2) is 72.8 Å². The van der Waals surface area contributed by atoms with E-state index in [1.807, 2.05) is 24.3 Å². The van der Waals surface area contributed by atoms with E-state index in [1.54, 1.807) is 12.1 Å². The number of benzene rings is 3. The molecule has 0 spiro atoms. The number of carbonyl (C=O) groups excluding carboxylic acids is 1. The Morgan fingerprint density at radius 1 is 0.769 bits per heavy atom. The summed E-state index contributed by atoms with van der Waals surface area (Å²) >= 11 is 0. The summed E-state index contributed by atoms with van der Waals surface area (Å²) in [4.78, 5) is 12.0. The molecule has 0 aromatic heterocycles. The average Bonchev–Trinajstić information content (AvgIpc) is 2.67. The van der Waals surface area contributed by atoms with Crippen LogP contribution in [0.4, 0.5) is 8.78 Å². The molecule has 3 aromatic carbocycles. The first-order valence-corrected chi connectivity index (χ1v) is 8.10. The highest BCUT2D eigenvalue weighted by Crippen LogP contribution is 2.15. The second kappa shape index (κ2) is 8.25. The van der Waals surface area contributed by atoms with Crippen molar-refractivity contribution < 1.29 is 18.3 Å². The summed E-state index contributed by atoms with van der Waals surface area (Å²) in [5.41, 5.74) is 2.20. The van der Waals surface area contributed by atoms with Crippen LogP contribution < -0.4 is 10.1 Å². The molecular weight excluding hydrogens is 336 g/mol. The average molecular weight is 353 g/mol. The van der Waals surface area contributed by atoms with Gasteiger partial charge in [-0.25, -0.2) is 8.78 Å². The number of amides is 1. The van der Waals surface area contributed by atoms with Crippen molar-refractivity contribution in [2.24, 2.45) is 0 Å². The number of halogens is 2. The monoisotopic (exact) mass is 353 g/mol. The molecule has 1 amide bonds. The zero-order valence-corrected chi connectivity index (χ0v) is 13.9. The molecule has 26 heavy (non-hydrogen) atoms. The van der Waals surface area contributed by atoms with Gasteiger partial charge in [-0.05, 0) is 59.7 Å². The summed E-state index contributed by atoms with van der Waals surface area (Å²) in [6.45, 7) is 0.704. The normalized spacial score (nSPS) is 10.4. The Labute approximate surface area is 150 Å². The molecule has 0 aliphatic heterocycles. The molecule has 3 aromatic rings. The van der Waals surface area contributed by atoms with Gasteiger partial charge in [0.25, 0.3) is 5.91 Å². The summed E-state index contributed by atoms with van der Waals surface area (Å²) in [6, 6.07) is 18.8. The van der Waals surface area contributed by atoms with Crippen LogP contribution in [0.1, 0.15) is 21.5 Å². The first kappa shape index (κ1) is 17.6. The topological polar surface area (TPSA) is 38.3 Å². The lowest BCUT2D eigenvalue weighted by Crippen LogP contribution is -2.22. The Bertz CT molecular complexity index is 860. The summed E-state index contributed by atoms with van der Waals surface area (Å²) < 4.78 is 31.4. The van der Waals surface area contributed by atoms with Gasteiger partial charge < -0.3 is 10.1 Å². The predicted octanol–water partition coefficient (Wildman–Crippen LogP) is 4.47. The van der Waals surface area contributed by atoms with Crippen LogP contribution in [-0.4, -0.2) is 5.91 Å². The molecule has 0 fully saturated rings. The van der Waals surface area contributed by atoms with Crippen molar-refractivity contribution in [3.8, 4) is 5.75 Å². The Kier molecular flexibility index (Phi) is 5.59. The van der Waals surface area contributed by atoms with Crippen LogP contribution in [0.2, 0.25) is 0 Å². The lowest BCUT2D eigenvalue weighted by Gasteiger charge is -2.08. The van der Waals surface area contributed by atoms with E-state index in [0.29, 0.717) is 24.5 Å². The molecule has 0 saturated heterocycles. The van der Waals surface area contributed by atoms with Crippen LogP contribution in [0.5, 0.6) is 5.75 Å². The predicted molar refractivity (Wildman–Crippen MR) is 94.7 cm³/mol. The van der Waals surface area contributed by atoms with E-state index in [9.17, 15) is 13.6 Å². The Morgan fingerprint density at radius 2 is 1.31 bits per heavy atom. The van der Waals surface area contributed by atoms with Crippen LogP contribution in [0.25, 0.3) is 0 Å². The third kappa shape index (κ3) is 4.89. The second-order valence-electron chi connectivity index (χ2n) is 5.75. The number of rotatable bonds is 6. The molecule has 0 aliphatic rings. The van der Waals surface area contributed by atoms with Crippen LogP contribution in [-0.2, 0) is 13.2 Å². The Balaban J connectivity index is 1.50. The van der Waals surface area contributed by atoms with Crippen LogP contribution in [0, 0.1) is 11.6 Å². The van der Waals surface area contributed by atoms with Crippen molar-refractivity contribution in [1.29, 1.82) is 0 Å². The molecule has 0 radical (unpaired) electrons. The first-order chi connectivity index (χ1) is 12.6. The molecule has 0 aliphatic carbocycles. The van der Waals surface area contributed by atoms with Crippen molar-refractivity contribution in [3.63, 3.8) is 0 Å². The molecule has 0 bridgehead atoms. The minimum absolute atomic E-state index is 0.262. The van der Waals surface area contributed by atoms with Gasteiger partial charge >= 0.3 is 0 Å². The van der Waals surface area contributed by atoms with Gasteiger partial charge in [-0.3, -0.25) is 4.79 Å². The smallest absolute Gasteiger partial charge is 0.251 e. The molecule has 0 heterocycles. The third-order valence-electron chi connectivity index (χ3n) is 3.80. The molecule has 0 unspecified atom stereocenters. The van der Waals surface area contributed by atoms with E-state index in [4.69, 9.17) is 4.74 Å². The van der Waals surface area contributed by atoms with Crippen molar-refractivity contribution in [1.82, 2.24) is 5.32 Å². The minimum Gasteiger partial charge on any atom is -0.489 e. The number of hydrogen-bond acceptors (Lipinski definition) is 2. The Morgan fingerprint density at radius 3 is 1.92 bits per heavy atom. The fraction of sp³-hybridized carbons (Fsp3) is 0.0952. The molecule has 0 saturated carbocycles. The van der Waals surface area contributed by atoms with Gasteiger partial charge in [0.2, 0.25) is 0 Å². The first-order valence-electron chi connectivity index (χ1n) is 8.10. The lowest BCUT2D eigenvalue weighted by atomic mass is 10.2. The van der Waals surface area contributed by atoms with Crippen LogP contribution >= 0.6 is 0 Å². The maximum atomic E-state index is 12.9. The van der Waals surface area contributed by atoms with Gasteiger partial charge in [-0.2, -0.15) is 0 Å². The van der Waals surface area contributed by atoms with E-state index in [0.717, 1.165) is 11.1 Å². The SMILES string of the molecule is O=C(NCc1ccc(OCc2ccc(F)cc2)cc1)c1ccc(F)cc1. The molecule has 1 N–H and O–H groups in total. The molecule has 5 heteroatoms. The standard InChI is InChI=1S/C21H17F2NO2/c22-18-7-1-16(2-8-18)14-26-20-11-3-15(4-12-20)13-24-21(25)17-5-9-19(23)10-6-17/h1-12H,13-14H2,(H,24,25). The van der Waals surface area contributed by atoms with Crippen LogP contribution in [0.3, 0.4) is 0 Å². The molecule has 3 nitrogen and oxygen atoms in total. The number of nitrogens with one attached hydrogen (secondary N) is 1. The number of carbonyl (C=O) groups is 1. The zero-order valence-electron chi connectivity index (χ0n) is 13.9. The Hall–Kier alpha value is -3.21. The number of hydrogen-bond donors (Lipinski definition) is 1.